The first kappa shape index (κ1) is 15.4. The zero-order valence-corrected chi connectivity index (χ0v) is 11.8. The summed E-state index contributed by atoms with van der Waals surface area (Å²) >= 11 is -2.29. The van der Waals surface area contributed by atoms with Crippen molar-refractivity contribution in [2.75, 3.05) is 25.5 Å². The number of piperidine rings is 1. The molecule has 1 heterocycles. The van der Waals surface area contributed by atoms with Gasteiger partial charge in [0.25, 0.3) is 0 Å². The van der Waals surface area contributed by atoms with Crippen molar-refractivity contribution in [1.82, 2.24) is 10.2 Å². The molecule has 1 saturated heterocycles. The summed E-state index contributed by atoms with van der Waals surface area (Å²) in [6.07, 6.45) is 2.92. The van der Waals surface area contributed by atoms with Crippen LogP contribution in [0.5, 0.6) is 0 Å². The van der Waals surface area contributed by atoms with E-state index in [-0.39, 0.29) is 0 Å². The van der Waals surface area contributed by atoms with Gasteiger partial charge in [-0.1, -0.05) is 6.42 Å². The molecule has 0 aromatic rings. The second kappa shape index (κ2) is 7.06. The molecule has 1 unspecified atom stereocenters. The summed E-state index contributed by atoms with van der Waals surface area (Å²) < 4.78 is 25.8. The van der Waals surface area contributed by atoms with Crippen LogP contribution in [-0.2, 0) is 15.8 Å². The monoisotopic (exact) mass is 277 g/mol. The lowest BCUT2D eigenvalue weighted by Crippen LogP contribution is -2.46. The minimum atomic E-state index is -2.29. The summed E-state index contributed by atoms with van der Waals surface area (Å²) in [6, 6.07) is 0. The van der Waals surface area contributed by atoms with Crippen molar-refractivity contribution in [1.29, 1.82) is 0 Å². The van der Waals surface area contributed by atoms with Crippen LogP contribution in [0.3, 0.4) is 0 Å². The fraction of sp³-hybridized carbons (Fsp3) is 0.909. The van der Waals surface area contributed by atoms with Crippen molar-refractivity contribution in [2.45, 2.75) is 38.7 Å². The third-order valence-corrected chi connectivity index (χ3v) is 3.14. The number of carbonyl (C=O) groups excluding carboxylic acids is 1. The minimum absolute atomic E-state index is 0.418. The van der Waals surface area contributed by atoms with Gasteiger partial charge in [0.1, 0.15) is 5.60 Å². The van der Waals surface area contributed by atoms with Gasteiger partial charge in [-0.15, -0.1) is 0 Å². The summed E-state index contributed by atoms with van der Waals surface area (Å²) in [5, 5.41) is 2.18. The Morgan fingerprint density at radius 3 is 2.56 bits per heavy atom. The molecule has 7 heteroatoms. The normalized spacial score (nSPS) is 19.3. The van der Waals surface area contributed by atoms with Gasteiger partial charge in [0, 0.05) is 6.54 Å². The number of alkyl carbamates (subject to hydrolysis) is 1. The van der Waals surface area contributed by atoms with E-state index >= 15 is 0 Å². The van der Waals surface area contributed by atoms with Gasteiger partial charge in [0.15, 0.2) is 0 Å². The average Bonchev–Trinajstić information content (AvgIpc) is 2.26. The molecule has 6 nitrogen and oxygen atoms in total. The molecule has 1 rings (SSSR count). The molecule has 0 aromatic carbocycles. The van der Waals surface area contributed by atoms with Crippen LogP contribution in [-0.4, -0.2) is 50.9 Å². The highest BCUT2D eigenvalue weighted by molar-refractivity contribution is 7.79. The van der Waals surface area contributed by atoms with Crippen LogP contribution < -0.4 is 5.32 Å². The minimum Gasteiger partial charge on any atom is -0.771 e. The maximum absolute atomic E-state index is 11.4. The molecular formula is C11H21N2O4S-. The molecule has 0 saturated carbocycles. The molecular weight excluding hydrogens is 256 g/mol. The van der Waals surface area contributed by atoms with Crippen LogP contribution in [0, 0.1) is 0 Å². The number of nitrogens with zero attached hydrogens (tertiary/aromatic N) is 1. The summed E-state index contributed by atoms with van der Waals surface area (Å²) in [5.74, 6) is -0.418. The van der Waals surface area contributed by atoms with Gasteiger partial charge in [-0.3, -0.25) is 9.11 Å². The molecule has 0 bridgehead atoms. The van der Waals surface area contributed by atoms with Crippen LogP contribution in [0.4, 0.5) is 4.79 Å². The zero-order valence-electron chi connectivity index (χ0n) is 10.9. The summed E-state index contributed by atoms with van der Waals surface area (Å²) in [5.41, 5.74) is -0.619. The molecule has 1 atom stereocenters. The van der Waals surface area contributed by atoms with Gasteiger partial charge >= 0.3 is 6.09 Å². The number of carbonyl (C=O) groups is 1. The number of hydrogen-bond acceptors (Lipinski definition) is 5. The van der Waals surface area contributed by atoms with E-state index in [9.17, 15) is 13.6 Å². The number of nitrogens with one attached hydrogen (secondary N) is 1. The highest BCUT2D eigenvalue weighted by Gasteiger charge is 2.26. The molecule has 1 N–H and O–H groups in total. The molecule has 1 fully saturated rings. The Hall–Kier alpha value is -0.660. The standard InChI is InChI=1S/C11H22N2O4S/c1-11(2,8-13-6-4-3-5-7-13)17-10(14)12-9-18(15)16/h3-9H2,1-2H3,(H,12,14)(H,15,16)/p-1. The van der Waals surface area contributed by atoms with Crippen molar-refractivity contribution >= 4 is 17.2 Å². The first-order valence-electron chi connectivity index (χ1n) is 6.14. The molecule has 1 aliphatic rings. The van der Waals surface area contributed by atoms with E-state index in [1.165, 1.54) is 19.3 Å². The highest BCUT2D eigenvalue weighted by atomic mass is 32.2. The maximum atomic E-state index is 11.4. The molecule has 0 spiro atoms. The van der Waals surface area contributed by atoms with E-state index < -0.39 is 28.7 Å². The fourth-order valence-electron chi connectivity index (χ4n) is 2.09. The second-order valence-electron chi connectivity index (χ2n) is 5.11. The Kier molecular flexibility index (Phi) is 6.04. The Bertz CT molecular complexity index is 303. The summed E-state index contributed by atoms with van der Waals surface area (Å²) in [4.78, 5) is 13.6. The van der Waals surface area contributed by atoms with Crippen LogP contribution in [0.25, 0.3) is 0 Å². The van der Waals surface area contributed by atoms with E-state index in [0.29, 0.717) is 6.54 Å². The first-order chi connectivity index (χ1) is 8.39. The molecule has 0 radical (unpaired) electrons. The quantitative estimate of drug-likeness (QED) is 0.752. The van der Waals surface area contributed by atoms with Gasteiger partial charge in [-0.25, -0.2) is 4.79 Å². The predicted octanol–water partition coefficient (Wildman–Crippen LogP) is 0.814. The number of ether oxygens (including phenoxy) is 1. The molecule has 0 aromatic heterocycles. The summed E-state index contributed by atoms with van der Waals surface area (Å²) in [7, 11) is 0. The Morgan fingerprint density at radius 2 is 2.00 bits per heavy atom. The predicted molar refractivity (Wildman–Crippen MR) is 67.8 cm³/mol. The molecule has 1 aliphatic heterocycles. The van der Waals surface area contributed by atoms with Crippen molar-refractivity contribution in [2.24, 2.45) is 0 Å². The first-order valence-corrected chi connectivity index (χ1v) is 7.38. The van der Waals surface area contributed by atoms with Gasteiger partial charge in [0.05, 0.1) is 5.88 Å². The maximum Gasteiger partial charge on any atom is 0.408 e. The Morgan fingerprint density at radius 1 is 1.39 bits per heavy atom. The number of likely N-dealkylation sites (tertiary alicyclic amines) is 1. The lowest BCUT2D eigenvalue weighted by atomic mass is 10.1. The lowest BCUT2D eigenvalue weighted by molar-refractivity contribution is 0.00749. The molecule has 106 valence electrons. The van der Waals surface area contributed by atoms with Gasteiger partial charge in [0.2, 0.25) is 0 Å². The Labute approximate surface area is 110 Å². The van der Waals surface area contributed by atoms with Crippen LogP contribution >= 0.6 is 0 Å². The third kappa shape index (κ3) is 6.32. The number of rotatable bonds is 5. The van der Waals surface area contributed by atoms with Crippen LogP contribution in [0.1, 0.15) is 33.1 Å². The Balaban J connectivity index is 2.33. The molecule has 1 amide bonds. The van der Waals surface area contributed by atoms with Gasteiger partial charge in [-0.2, -0.15) is 0 Å². The van der Waals surface area contributed by atoms with E-state index in [1.807, 2.05) is 13.8 Å². The number of amides is 1. The smallest absolute Gasteiger partial charge is 0.408 e. The van der Waals surface area contributed by atoms with Crippen LogP contribution in [0.15, 0.2) is 0 Å². The van der Waals surface area contributed by atoms with Crippen molar-refractivity contribution < 1.29 is 18.3 Å². The molecule has 18 heavy (non-hydrogen) atoms. The third-order valence-electron chi connectivity index (χ3n) is 2.76. The van der Waals surface area contributed by atoms with Crippen molar-refractivity contribution in [3.8, 4) is 0 Å². The largest absolute Gasteiger partial charge is 0.771 e. The lowest BCUT2D eigenvalue weighted by Gasteiger charge is -2.34. The zero-order chi connectivity index (χ0) is 13.6. The van der Waals surface area contributed by atoms with E-state index in [4.69, 9.17) is 4.74 Å². The SMILES string of the molecule is CC(C)(CN1CCCCC1)OC(=O)NCS(=O)[O-]. The molecule has 0 aliphatic carbocycles. The van der Waals surface area contributed by atoms with Crippen molar-refractivity contribution in [3.63, 3.8) is 0 Å². The average molecular weight is 277 g/mol. The fourth-order valence-corrected chi connectivity index (χ4v) is 2.33. The number of hydrogen-bond donors (Lipinski definition) is 1. The van der Waals surface area contributed by atoms with E-state index in [0.717, 1.165) is 13.1 Å². The highest BCUT2D eigenvalue weighted by Crippen LogP contribution is 2.16. The van der Waals surface area contributed by atoms with Crippen LogP contribution in [0.2, 0.25) is 0 Å². The van der Waals surface area contributed by atoms with Gasteiger partial charge < -0.3 is 14.6 Å². The van der Waals surface area contributed by atoms with E-state index in [2.05, 4.69) is 10.2 Å². The van der Waals surface area contributed by atoms with Crippen molar-refractivity contribution in [3.05, 3.63) is 0 Å². The van der Waals surface area contributed by atoms with E-state index in [1.54, 1.807) is 0 Å². The second-order valence-corrected chi connectivity index (χ2v) is 6.01. The topological polar surface area (TPSA) is 81.7 Å². The van der Waals surface area contributed by atoms with Gasteiger partial charge in [-0.05, 0) is 50.9 Å². The summed E-state index contributed by atoms with van der Waals surface area (Å²) in [6.45, 7) is 6.38.